The second-order valence-corrected chi connectivity index (χ2v) is 5.19. The Morgan fingerprint density at radius 2 is 2.15 bits per heavy atom. The van der Waals surface area contributed by atoms with Crippen LogP contribution in [0.3, 0.4) is 0 Å². The predicted octanol–water partition coefficient (Wildman–Crippen LogP) is 3.46. The summed E-state index contributed by atoms with van der Waals surface area (Å²) < 4.78 is 1.17. The zero-order valence-electron chi connectivity index (χ0n) is 7.96. The molecule has 0 aliphatic carbocycles. The van der Waals surface area contributed by atoms with Crippen molar-refractivity contribution >= 4 is 27.3 Å². The SMILES string of the molecule is CC(C)C(O)CCc1cscc1Br. The van der Waals surface area contributed by atoms with Crippen LogP contribution in [-0.2, 0) is 6.42 Å². The fraction of sp³-hybridized carbons (Fsp3) is 0.600. The monoisotopic (exact) mass is 262 g/mol. The number of rotatable bonds is 4. The molecule has 1 nitrogen and oxygen atoms in total. The molecule has 13 heavy (non-hydrogen) atoms. The molecule has 1 aromatic heterocycles. The summed E-state index contributed by atoms with van der Waals surface area (Å²) in [5.41, 5.74) is 1.31. The number of hydrogen-bond acceptors (Lipinski definition) is 2. The minimum atomic E-state index is -0.174. The Kier molecular flexibility index (Phi) is 4.42. The molecule has 1 rings (SSSR count). The van der Waals surface area contributed by atoms with E-state index in [0.29, 0.717) is 5.92 Å². The average Bonchev–Trinajstić information content (AvgIpc) is 2.47. The Bertz CT molecular complexity index is 257. The number of hydrogen-bond donors (Lipinski definition) is 1. The third-order valence-electron chi connectivity index (χ3n) is 2.17. The Morgan fingerprint density at radius 3 is 2.62 bits per heavy atom. The van der Waals surface area contributed by atoms with E-state index in [1.807, 2.05) is 13.8 Å². The van der Waals surface area contributed by atoms with Crippen LogP contribution in [0.2, 0.25) is 0 Å². The molecule has 0 saturated heterocycles. The lowest BCUT2D eigenvalue weighted by molar-refractivity contribution is 0.116. The summed E-state index contributed by atoms with van der Waals surface area (Å²) in [5.74, 6) is 0.359. The van der Waals surface area contributed by atoms with E-state index in [0.717, 1.165) is 12.8 Å². The Hall–Kier alpha value is 0.140. The second kappa shape index (κ2) is 5.13. The van der Waals surface area contributed by atoms with Crippen molar-refractivity contribution in [1.82, 2.24) is 0 Å². The quantitative estimate of drug-likeness (QED) is 0.882. The van der Waals surface area contributed by atoms with Gasteiger partial charge in [-0.05, 0) is 45.6 Å². The second-order valence-electron chi connectivity index (χ2n) is 3.60. The summed E-state index contributed by atoms with van der Waals surface area (Å²) >= 11 is 5.18. The number of aliphatic hydroxyl groups excluding tert-OH is 1. The third kappa shape index (κ3) is 3.41. The molecule has 0 bridgehead atoms. The molecule has 0 aliphatic heterocycles. The largest absolute Gasteiger partial charge is 0.393 e. The van der Waals surface area contributed by atoms with Crippen molar-refractivity contribution < 1.29 is 5.11 Å². The van der Waals surface area contributed by atoms with Gasteiger partial charge >= 0.3 is 0 Å². The normalized spacial score (nSPS) is 13.6. The zero-order valence-corrected chi connectivity index (χ0v) is 10.4. The van der Waals surface area contributed by atoms with Gasteiger partial charge in [-0.25, -0.2) is 0 Å². The van der Waals surface area contributed by atoms with Gasteiger partial charge in [-0.1, -0.05) is 13.8 Å². The van der Waals surface area contributed by atoms with Gasteiger partial charge in [0.1, 0.15) is 0 Å². The maximum Gasteiger partial charge on any atom is 0.0566 e. The Morgan fingerprint density at radius 1 is 1.46 bits per heavy atom. The molecule has 0 amide bonds. The van der Waals surface area contributed by atoms with Gasteiger partial charge in [0.25, 0.3) is 0 Å². The molecular formula is C10H15BrOS. The Labute approximate surface area is 91.9 Å². The van der Waals surface area contributed by atoms with E-state index in [1.165, 1.54) is 10.0 Å². The third-order valence-corrected chi connectivity index (χ3v) is 4.00. The maximum absolute atomic E-state index is 9.60. The van der Waals surface area contributed by atoms with E-state index in [-0.39, 0.29) is 6.10 Å². The van der Waals surface area contributed by atoms with Crippen molar-refractivity contribution in [1.29, 1.82) is 0 Å². The van der Waals surface area contributed by atoms with E-state index in [9.17, 15) is 5.11 Å². The first-order valence-corrected chi connectivity index (χ1v) is 6.23. The molecule has 74 valence electrons. The molecule has 0 fully saturated rings. The zero-order chi connectivity index (χ0) is 9.84. The van der Waals surface area contributed by atoms with Crippen molar-refractivity contribution in [2.24, 2.45) is 5.92 Å². The first kappa shape index (κ1) is 11.2. The maximum atomic E-state index is 9.60. The predicted molar refractivity (Wildman–Crippen MR) is 61.2 cm³/mol. The Balaban J connectivity index is 2.39. The fourth-order valence-corrected chi connectivity index (χ4v) is 2.66. The van der Waals surface area contributed by atoms with Crippen LogP contribution in [0.15, 0.2) is 15.2 Å². The van der Waals surface area contributed by atoms with Gasteiger partial charge in [-0.15, -0.1) is 0 Å². The summed E-state index contributed by atoms with van der Waals surface area (Å²) in [6.07, 6.45) is 1.64. The number of halogens is 1. The van der Waals surface area contributed by atoms with Gasteiger partial charge in [-0.3, -0.25) is 0 Å². The molecule has 1 unspecified atom stereocenters. The van der Waals surface area contributed by atoms with Crippen LogP contribution in [-0.4, -0.2) is 11.2 Å². The lowest BCUT2D eigenvalue weighted by atomic mass is 10.0. The average molecular weight is 263 g/mol. The van der Waals surface area contributed by atoms with E-state index in [1.54, 1.807) is 11.3 Å². The van der Waals surface area contributed by atoms with Gasteiger partial charge in [0, 0.05) is 9.85 Å². The molecule has 1 heterocycles. The number of aryl methyl sites for hydroxylation is 1. The molecule has 0 radical (unpaired) electrons. The van der Waals surface area contributed by atoms with Crippen LogP contribution in [0.25, 0.3) is 0 Å². The van der Waals surface area contributed by atoms with Crippen LogP contribution in [0.4, 0.5) is 0 Å². The standard InChI is InChI=1S/C10H15BrOS/c1-7(2)10(12)4-3-8-5-13-6-9(8)11/h5-7,10,12H,3-4H2,1-2H3. The molecule has 0 aliphatic rings. The molecule has 1 N–H and O–H groups in total. The van der Waals surface area contributed by atoms with Gasteiger partial charge in [0.05, 0.1) is 6.10 Å². The lowest BCUT2D eigenvalue weighted by Gasteiger charge is -2.13. The summed E-state index contributed by atoms with van der Waals surface area (Å²) in [7, 11) is 0. The van der Waals surface area contributed by atoms with Gasteiger partial charge < -0.3 is 5.11 Å². The van der Waals surface area contributed by atoms with Gasteiger partial charge in [0.2, 0.25) is 0 Å². The van der Waals surface area contributed by atoms with E-state index < -0.39 is 0 Å². The minimum absolute atomic E-state index is 0.174. The lowest BCUT2D eigenvalue weighted by Crippen LogP contribution is -2.15. The number of thiophene rings is 1. The summed E-state index contributed by atoms with van der Waals surface area (Å²) in [6.45, 7) is 4.10. The van der Waals surface area contributed by atoms with Crippen molar-refractivity contribution in [2.75, 3.05) is 0 Å². The minimum Gasteiger partial charge on any atom is -0.393 e. The smallest absolute Gasteiger partial charge is 0.0566 e. The first-order chi connectivity index (χ1) is 6.11. The van der Waals surface area contributed by atoms with Crippen molar-refractivity contribution in [3.05, 3.63) is 20.8 Å². The van der Waals surface area contributed by atoms with Crippen LogP contribution in [0.1, 0.15) is 25.8 Å². The molecule has 1 atom stereocenters. The van der Waals surface area contributed by atoms with Gasteiger partial charge in [-0.2, -0.15) is 11.3 Å². The summed E-state index contributed by atoms with van der Waals surface area (Å²) in [5, 5.41) is 13.8. The van der Waals surface area contributed by atoms with Crippen LogP contribution in [0.5, 0.6) is 0 Å². The first-order valence-electron chi connectivity index (χ1n) is 4.50. The number of aliphatic hydroxyl groups is 1. The summed E-state index contributed by atoms with van der Waals surface area (Å²) in [4.78, 5) is 0. The fourth-order valence-electron chi connectivity index (χ4n) is 1.12. The van der Waals surface area contributed by atoms with Crippen LogP contribution < -0.4 is 0 Å². The van der Waals surface area contributed by atoms with Crippen LogP contribution in [0, 0.1) is 5.92 Å². The highest BCUT2D eigenvalue weighted by Crippen LogP contribution is 2.23. The van der Waals surface area contributed by atoms with Gasteiger partial charge in [0.15, 0.2) is 0 Å². The molecule has 3 heteroatoms. The van der Waals surface area contributed by atoms with Crippen molar-refractivity contribution in [2.45, 2.75) is 32.8 Å². The molecular weight excluding hydrogens is 248 g/mol. The molecule has 0 saturated carbocycles. The topological polar surface area (TPSA) is 20.2 Å². The molecule has 0 aromatic carbocycles. The van der Waals surface area contributed by atoms with Crippen LogP contribution >= 0.6 is 27.3 Å². The molecule has 0 spiro atoms. The highest BCUT2D eigenvalue weighted by Gasteiger charge is 2.10. The van der Waals surface area contributed by atoms with E-state index in [2.05, 4.69) is 26.7 Å². The van der Waals surface area contributed by atoms with E-state index >= 15 is 0 Å². The highest BCUT2D eigenvalue weighted by molar-refractivity contribution is 9.10. The van der Waals surface area contributed by atoms with E-state index in [4.69, 9.17) is 0 Å². The summed E-state index contributed by atoms with van der Waals surface area (Å²) in [6, 6.07) is 0. The van der Waals surface area contributed by atoms with Crippen molar-refractivity contribution in [3.63, 3.8) is 0 Å². The highest BCUT2D eigenvalue weighted by atomic mass is 79.9. The van der Waals surface area contributed by atoms with Crippen molar-refractivity contribution in [3.8, 4) is 0 Å². The molecule has 1 aromatic rings.